The van der Waals surface area contributed by atoms with Crippen LogP contribution in [-0.2, 0) is 0 Å². The van der Waals surface area contributed by atoms with Gasteiger partial charge in [-0.1, -0.05) is 76.6 Å². The summed E-state index contributed by atoms with van der Waals surface area (Å²) < 4.78 is 1.12. The minimum Gasteiger partial charge on any atom is -0.0622 e. The van der Waals surface area contributed by atoms with Crippen LogP contribution >= 0.6 is 15.9 Å². The largest absolute Gasteiger partial charge is 0.0622 e. The predicted octanol–water partition coefficient (Wildman–Crippen LogP) is 4.62. The van der Waals surface area contributed by atoms with E-state index in [9.17, 15) is 0 Å². The first-order valence-electron chi connectivity index (χ1n) is 4.84. The first-order valence-corrected chi connectivity index (χ1v) is 5.63. The lowest BCUT2D eigenvalue weighted by molar-refractivity contribution is 1.60. The number of benzene rings is 2. The Kier molecular flexibility index (Phi) is 3.36. The van der Waals surface area contributed by atoms with E-state index < -0.39 is 0 Å². The van der Waals surface area contributed by atoms with Gasteiger partial charge in [0.2, 0.25) is 0 Å². The molecular weight excluding hydrogens is 248 g/mol. The van der Waals surface area contributed by atoms with Crippen LogP contribution in [0.25, 0.3) is 12.2 Å². The van der Waals surface area contributed by atoms with Gasteiger partial charge in [-0.3, -0.25) is 0 Å². The first kappa shape index (κ1) is 10.2. The highest BCUT2D eigenvalue weighted by Gasteiger charge is 1.92. The minimum atomic E-state index is 1.12. The SMILES string of the molecule is Brc1ccccc1C=Cc1ccccc1. The highest BCUT2D eigenvalue weighted by Crippen LogP contribution is 2.18. The zero-order valence-corrected chi connectivity index (χ0v) is 9.81. The van der Waals surface area contributed by atoms with Gasteiger partial charge in [0.25, 0.3) is 0 Å². The molecule has 0 aliphatic carbocycles. The normalized spacial score (nSPS) is 10.7. The van der Waals surface area contributed by atoms with Crippen LogP contribution in [-0.4, -0.2) is 0 Å². The van der Waals surface area contributed by atoms with Crippen molar-refractivity contribution < 1.29 is 0 Å². The Morgan fingerprint density at radius 1 is 0.733 bits per heavy atom. The van der Waals surface area contributed by atoms with Crippen molar-refractivity contribution in [2.24, 2.45) is 0 Å². The molecule has 15 heavy (non-hydrogen) atoms. The Morgan fingerprint density at radius 2 is 1.40 bits per heavy atom. The lowest BCUT2D eigenvalue weighted by Crippen LogP contribution is -1.74. The number of hydrogen-bond acceptors (Lipinski definition) is 0. The predicted molar refractivity (Wildman–Crippen MR) is 69.5 cm³/mol. The van der Waals surface area contributed by atoms with E-state index in [2.05, 4.69) is 46.3 Å². The Bertz CT molecular complexity index is 458. The standard InChI is InChI=1S/C14H11Br/c15-14-9-5-4-8-13(14)11-10-12-6-2-1-3-7-12/h1-11H. The van der Waals surface area contributed by atoms with E-state index in [0.717, 1.165) is 4.47 Å². The van der Waals surface area contributed by atoms with Crippen LogP contribution in [0, 0.1) is 0 Å². The van der Waals surface area contributed by atoms with Crippen molar-refractivity contribution in [3.05, 3.63) is 70.2 Å². The van der Waals surface area contributed by atoms with Crippen LogP contribution in [0.2, 0.25) is 0 Å². The maximum Gasteiger partial charge on any atom is 0.0247 e. The van der Waals surface area contributed by atoms with Gasteiger partial charge in [0.1, 0.15) is 0 Å². The fraction of sp³-hybridized carbons (Fsp3) is 0. The van der Waals surface area contributed by atoms with Crippen molar-refractivity contribution in [2.75, 3.05) is 0 Å². The van der Waals surface area contributed by atoms with Gasteiger partial charge in [0, 0.05) is 4.47 Å². The second-order valence-electron chi connectivity index (χ2n) is 3.27. The zero-order chi connectivity index (χ0) is 10.5. The monoisotopic (exact) mass is 258 g/mol. The average Bonchev–Trinajstić information content (AvgIpc) is 2.29. The van der Waals surface area contributed by atoms with Crippen molar-refractivity contribution in [1.29, 1.82) is 0 Å². The molecule has 0 bridgehead atoms. The summed E-state index contributed by atoms with van der Waals surface area (Å²) in [6.07, 6.45) is 4.22. The van der Waals surface area contributed by atoms with Crippen LogP contribution in [0.1, 0.15) is 11.1 Å². The van der Waals surface area contributed by atoms with Crippen LogP contribution in [0.5, 0.6) is 0 Å². The van der Waals surface area contributed by atoms with Crippen molar-refractivity contribution >= 4 is 28.1 Å². The molecule has 0 aliphatic rings. The second kappa shape index (κ2) is 4.94. The molecule has 2 rings (SSSR count). The number of halogens is 1. The summed E-state index contributed by atoms with van der Waals surface area (Å²) in [6, 6.07) is 18.5. The average molecular weight is 259 g/mol. The maximum absolute atomic E-state index is 3.52. The fourth-order valence-corrected chi connectivity index (χ4v) is 1.78. The molecule has 74 valence electrons. The molecular formula is C14H11Br. The van der Waals surface area contributed by atoms with Crippen molar-refractivity contribution in [3.8, 4) is 0 Å². The smallest absolute Gasteiger partial charge is 0.0247 e. The van der Waals surface area contributed by atoms with E-state index in [1.807, 2.05) is 36.4 Å². The molecule has 0 heterocycles. The van der Waals surface area contributed by atoms with Gasteiger partial charge >= 0.3 is 0 Å². The third-order valence-electron chi connectivity index (χ3n) is 2.16. The highest BCUT2D eigenvalue weighted by atomic mass is 79.9. The summed E-state index contributed by atoms with van der Waals surface area (Å²) in [5.74, 6) is 0. The molecule has 0 nitrogen and oxygen atoms in total. The molecule has 2 aromatic carbocycles. The number of hydrogen-bond donors (Lipinski definition) is 0. The third-order valence-corrected chi connectivity index (χ3v) is 2.88. The molecule has 0 unspecified atom stereocenters. The quantitative estimate of drug-likeness (QED) is 0.690. The molecule has 0 atom stereocenters. The topological polar surface area (TPSA) is 0 Å². The van der Waals surface area contributed by atoms with Gasteiger partial charge in [-0.25, -0.2) is 0 Å². The minimum absolute atomic E-state index is 1.12. The summed E-state index contributed by atoms with van der Waals surface area (Å²) in [6.45, 7) is 0. The molecule has 0 aromatic heterocycles. The van der Waals surface area contributed by atoms with Gasteiger partial charge in [-0.05, 0) is 17.2 Å². The molecule has 0 spiro atoms. The van der Waals surface area contributed by atoms with E-state index in [4.69, 9.17) is 0 Å². The van der Waals surface area contributed by atoms with E-state index in [1.165, 1.54) is 11.1 Å². The van der Waals surface area contributed by atoms with E-state index in [1.54, 1.807) is 0 Å². The molecule has 0 radical (unpaired) electrons. The molecule has 1 heteroatoms. The molecule has 0 N–H and O–H groups in total. The van der Waals surface area contributed by atoms with Crippen LogP contribution < -0.4 is 0 Å². The van der Waals surface area contributed by atoms with Gasteiger partial charge in [0.05, 0.1) is 0 Å². The summed E-state index contributed by atoms with van der Waals surface area (Å²) in [4.78, 5) is 0. The Morgan fingerprint density at radius 3 is 2.13 bits per heavy atom. The van der Waals surface area contributed by atoms with E-state index >= 15 is 0 Å². The lowest BCUT2D eigenvalue weighted by atomic mass is 10.1. The van der Waals surface area contributed by atoms with Gasteiger partial charge in [-0.15, -0.1) is 0 Å². The zero-order valence-electron chi connectivity index (χ0n) is 8.23. The fourth-order valence-electron chi connectivity index (χ4n) is 1.36. The first-order chi connectivity index (χ1) is 7.36. The summed E-state index contributed by atoms with van der Waals surface area (Å²) >= 11 is 3.52. The van der Waals surface area contributed by atoms with Crippen LogP contribution in [0.15, 0.2) is 59.1 Å². The highest BCUT2D eigenvalue weighted by molar-refractivity contribution is 9.10. The van der Waals surface area contributed by atoms with Gasteiger partial charge in [-0.2, -0.15) is 0 Å². The molecule has 0 saturated heterocycles. The van der Waals surface area contributed by atoms with Crippen LogP contribution in [0.3, 0.4) is 0 Å². The van der Waals surface area contributed by atoms with Gasteiger partial charge < -0.3 is 0 Å². The van der Waals surface area contributed by atoms with Gasteiger partial charge in [0.15, 0.2) is 0 Å². The Labute approximate surface area is 98.4 Å². The molecule has 0 aliphatic heterocycles. The third kappa shape index (κ3) is 2.80. The summed E-state index contributed by atoms with van der Waals surface area (Å²) in [7, 11) is 0. The van der Waals surface area contributed by atoms with Crippen molar-refractivity contribution in [2.45, 2.75) is 0 Å². The number of rotatable bonds is 2. The lowest BCUT2D eigenvalue weighted by Gasteiger charge is -1.96. The second-order valence-corrected chi connectivity index (χ2v) is 4.12. The van der Waals surface area contributed by atoms with E-state index in [-0.39, 0.29) is 0 Å². The summed E-state index contributed by atoms with van der Waals surface area (Å²) in [5.41, 5.74) is 2.41. The Balaban J connectivity index is 2.23. The molecule has 0 saturated carbocycles. The Hall–Kier alpha value is -1.34. The molecule has 0 amide bonds. The molecule has 0 fully saturated rings. The summed E-state index contributed by atoms with van der Waals surface area (Å²) in [5, 5.41) is 0. The van der Waals surface area contributed by atoms with Crippen LogP contribution in [0.4, 0.5) is 0 Å². The molecule has 2 aromatic rings. The van der Waals surface area contributed by atoms with Crippen molar-refractivity contribution in [1.82, 2.24) is 0 Å². The maximum atomic E-state index is 3.52. The van der Waals surface area contributed by atoms with E-state index in [0.29, 0.717) is 0 Å². The van der Waals surface area contributed by atoms with Crippen molar-refractivity contribution in [3.63, 3.8) is 0 Å².